The molecule has 5 rings (SSSR count). The topological polar surface area (TPSA) is 98.4 Å². The summed E-state index contributed by atoms with van der Waals surface area (Å²) in [6.07, 6.45) is 6.33. The van der Waals surface area contributed by atoms with Crippen LogP contribution in [0, 0.1) is 0 Å². The number of sulfonamides is 1. The molecule has 0 saturated heterocycles. The molecule has 0 atom stereocenters. The van der Waals surface area contributed by atoms with Crippen LogP contribution in [0.25, 0.3) is 27.5 Å². The van der Waals surface area contributed by atoms with Crippen molar-refractivity contribution in [1.29, 1.82) is 0 Å². The van der Waals surface area contributed by atoms with Gasteiger partial charge in [-0.3, -0.25) is 0 Å². The second-order valence-corrected chi connectivity index (χ2v) is 10.9. The lowest BCUT2D eigenvalue weighted by Gasteiger charge is -2.29. The maximum atomic E-state index is 12.8. The summed E-state index contributed by atoms with van der Waals surface area (Å²) in [5.74, 6) is 0. The van der Waals surface area contributed by atoms with E-state index in [-0.39, 0.29) is 16.5 Å². The van der Waals surface area contributed by atoms with Crippen LogP contribution in [-0.2, 0) is 10.0 Å². The summed E-state index contributed by atoms with van der Waals surface area (Å²) in [5, 5.41) is 1.92. The van der Waals surface area contributed by atoms with Crippen LogP contribution in [0.1, 0.15) is 31.7 Å². The average Bonchev–Trinajstić information content (AvgIpc) is 3.35. The molecule has 2 aliphatic rings. The van der Waals surface area contributed by atoms with E-state index in [1.54, 1.807) is 37.3 Å². The lowest BCUT2D eigenvalue weighted by atomic mass is 9.96. The maximum absolute atomic E-state index is 12.8. The number of H-pyrrole nitrogens is 1. The van der Waals surface area contributed by atoms with Gasteiger partial charge in [0.15, 0.2) is 0 Å². The molecular formula is C23H27N5O3S. The number of amides is 2. The summed E-state index contributed by atoms with van der Waals surface area (Å²) < 4.78 is 28.4. The molecule has 1 saturated carbocycles. The fourth-order valence-electron chi connectivity index (χ4n) is 4.28. The number of benzene rings is 1. The van der Waals surface area contributed by atoms with Gasteiger partial charge in [0, 0.05) is 55.2 Å². The van der Waals surface area contributed by atoms with Crippen LogP contribution in [0.4, 0.5) is 4.79 Å². The number of carbonyl (C=O) groups is 1. The van der Waals surface area contributed by atoms with E-state index in [0.29, 0.717) is 13.1 Å². The van der Waals surface area contributed by atoms with Crippen molar-refractivity contribution in [3.05, 3.63) is 42.1 Å². The van der Waals surface area contributed by atoms with Gasteiger partial charge in [-0.25, -0.2) is 22.9 Å². The predicted molar refractivity (Wildman–Crippen MR) is 125 cm³/mol. The molecule has 32 heavy (non-hydrogen) atoms. The monoisotopic (exact) mass is 453 g/mol. The summed E-state index contributed by atoms with van der Waals surface area (Å²) in [7, 11) is -0.0620. The van der Waals surface area contributed by atoms with Crippen LogP contribution in [-0.4, -0.2) is 66.9 Å². The minimum Gasteiger partial charge on any atom is -0.339 e. The first-order chi connectivity index (χ1) is 15.2. The Kier molecular flexibility index (Phi) is 4.79. The largest absolute Gasteiger partial charge is 0.339 e. The number of nitrogens with zero attached hydrogens (tertiary/aromatic N) is 3. The molecule has 1 aliphatic heterocycles. The van der Waals surface area contributed by atoms with Gasteiger partial charge in [-0.2, -0.15) is 0 Å². The fourth-order valence-corrected chi connectivity index (χ4v) is 5.77. The van der Waals surface area contributed by atoms with Crippen molar-refractivity contribution in [3.63, 3.8) is 0 Å². The van der Waals surface area contributed by atoms with Gasteiger partial charge in [-0.1, -0.05) is 12.1 Å². The van der Waals surface area contributed by atoms with Crippen LogP contribution < -0.4 is 4.72 Å². The molecule has 1 aliphatic carbocycles. The van der Waals surface area contributed by atoms with Crippen molar-refractivity contribution < 1.29 is 13.2 Å². The second kappa shape index (κ2) is 7.31. The highest BCUT2D eigenvalue weighted by Gasteiger charge is 2.41. The third-order valence-electron chi connectivity index (χ3n) is 6.36. The molecular weight excluding hydrogens is 426 g/mol. The third kappa shape index (κ3) is 3.65. The molecule has 8 nitrogen and oxygen atoms in total. The summed E-state index contributed by atoms with van der Waals surface area (Å²) in [6.45, 7) is 3.14. The second-order valence-electron chi connectivity index (χ2n) is 9.18. The number of urea groups is 1. The normalized spacial score (nSPS) is 18.1. The van der Waals surface area contributed by atoms with Crippen LogP contribution in [0.15, 0.2) is 41.4 Å². The first-order valence-electron chi connectivity index (χ1n) is 10.8. The van der Waals surface area contributed by atoms with E-state index in [2.05, 4.69) is 20.8 Å². The van der Waals surface area contributed by atoms with Crippen LogP contribution in [0.5, 0.6) is 0 Å². The zero-order valence-corrected chi connectivity index (χ0v) is 19.3. The van der Waals surface area contributed by atoms with Gasteiger partial charge < -0.3 is 14.8 Å². The Balaban J connectivity index is 1.53. The lowest BCUT2D eigenvalue weighted by Crippen LogP contribution is -2.41. The van der Waals surface area contributed by atoms with Crippen LogP contribution in [0.2, 0.25) is 0 Å². The molecule has 0 spiro atoms. The van der Waals surface area contributed by atoms with Gasteiger partial charge in [0.2, 0.25) is 10.0 Å². The van der Waals surface area contributed by atoms with Gasteiger partial charge in [0.05, 0.1) is 4.90 Å². The number of fused-ring (bicyclic) bond motifs is 3. The minimum atomic E-state index is -3.58. The average molecular weight is 454 g/mol. The summed E-state index contributed by atoms with van der Waals surface area (Å²) in [6, 6.07) is 7.20. The van der Waals surface area contributed by atoms with E-state index in [0.717, 1.165) is 46.8 Å². The SMILES string of the molecule is CN(C)C(=O)N1CC=C(c2ccnc3[nH]c4cc(S(=O)(=O)NC5(C)CC5)ccc4c23)CC1. The number of hydrogen-bond donors (Lipinski definition) is 2. The molecule has 2 N–H and O–H groups in total. The highest BCUT2D eigenvalue weighted by atomic mass is 32.2. The van der Waals surface area contributed by atoms with Gasteiger partial charge in [0.25, 0.3) is 0 Å². The molecule has 0 unspecified atom stereocenters. The molecule has 2 aromatic heterocycles. The quantitative estimate of drug-likeness (QED) is 0.633. The lowest BCUT2D eigenvalue weighted by molar-refractivity contribution is 0.176. The third-order valence-corrected chi connectivity index (χ3v) is 8.00. The minimum absolute atomic E-state index is 0.00896. The number of pyridine rings is 1. The van der Waals surface area contributed by atoms with Crippen molar-refractivity contribution in [3.8, 4) is 0 Å². The molecule has 0 radical (unpaired) electrons. The molecule has 168 valence electrons. The van der Waals surface area contributed by atoms with E-state index in [1.807, 2.05) is 24.0 Å². The van der Waals surface area contributed by atoms with Gasteiger partial charge >= 0.3 is 6.03 Å². The van der Waals surface area contributed by atoms with Gasteiger partial charge in [0.1, 0.15) is 5.65 Å². The van der Waals surface area contributed by atoms with E-state index in [4.69, 9.17) is 0 Å². The summed E-state index contributed by atoms with van der Waals surface area (Å²) in [5.41, 5.74) is 3.38. The number of hydrogen-bond acceptors (Lipinski definition) is 4. The van der Waals surface area contributed by atoms with Gasteiger partial charge in [-0.05, 0) is 55.5 Å². The number of rotatable bonds is 4. The van der Waals surface area contributed by atoms with Crippen molar-refractivity contribution in [1.82, 2.24) is 24.5 Å². The molecule has 2 amide bonds. The highest BCUT2D eigenvalue weighted by molar-refractivity contribution is 7.89. The molecule has 3 aromatic rings. The van der Waals surface area contributed by atoms with Crippen LogP contribution >= 0.6 is 0 Å². The van der Waals surface area contributed by atoms with Crippen molar-refractivity contribution in [2.75, 3.05) is 27.2 Å². The summed E-state index contributed by atoms with van der Waals surface area (Å²) in [4.78, 5) is 23.7. The van der Waals surface area contributed by atoms with Crippen molar-refractivity contribution >= 4 is 43.6 Å². The maximum Gasteiger partial charge on any atom is 0.319 e. The molecule has 3 heterocycles. The highest BCUT2D eigenvalue weighted by Crippen LogP contribution is 2.37. The Morgan fingerprint density at radius 2 is 2.03 bits per heavy atom. The van der Waals surface area contributed by atoms with Crippen molar-refractivity contribution in [2.45, 2.75) is 36.6 Å². The van der Waals surface area contributed by atoms with Gasteiger partial charge in [-0.15, -0.1) is 0 Å². The predicted octanol–water partition coefficient (Wildman–Crippen LogP) is 3.32. The first kappa shape index (κ1) is 21.0. The molecule has 1 fully saturated rings. The Bertz CT molecular complexity index is 1370. The van der Waals surface area contributed by atoms with E-state index < -0.39 is 10.0 Å². The Labute approximate surface area is 187 Å². The van der Waals surface area contributed by atoms with E-state index >= 15 is 0 Å². The zero-order valence-electron chi connectivity index (χ0n) is 18.5. The Hall–Kier alpha value is -2.91. The van der Waals surface area contributed by atoms with E-state index in [1.165, 1.54) is 5.57 Å². The Morgan fingerprint density at radius 3 is 2.69 bits per heavy atom. The first-order valence-corrected chi connectivity index (χ1v) is 12.3. The number of carbonyl (C=O) groups excluding carboxylic acids is 1. The number of aromatic nitrogens is 2. The zero-order chi connectivity index (χ0) is 22.7. The summed E-state index contributed by atoms with van der Waals surface area (Å²) >= 11 is 0. The fraction of sp³-hybridized carbons (Fsp3) is 0.391. The number of aromatic amines is 1. The van der Waals surface area contributed by atoms with Crippen LogP contribution in [0.3, 0.4) is 0 Å². The van der Waals surface area contributed by atoms with Crippen molar-refractivity contribution in [2.24, 2.45) is 0 Å². The molecule has 0 bridgehead atoms. The smallest absolute Gasteiger partial charge is 0.319 e. The standard InChI is InChI=1S/C23H27N5O3S/c1-23(9-10-23)26-32(30,31)16-4-5-18-19(14-16)25-21-20(18)17(6-11-24-21)15-7-12-28(13-8-15)22(29)27(2)3/h4-7,11,14,26H,8-10,12-13H2,1-3H3,(H,24,25). The number of nitrogens with one attached hydrogen (secondary N) is 2. The Morgan fingerprint density at radius 1 is 1.25 bits per heavy atom. The molecule has 9 heteroatoms. The van der Waals surface area contributed by atoms with E-state index in [9.17, 15) is 13.2 Å². The molecule has 1 aromatic carbocycles.